The maximum atomic E-state index is 15.6. The molecule has 6 nitrogen and oxygen atoms in total. The first kappa shape index (κ1) is 38.0. The highest BCUT2D eigenvalue weighted by molar-refractivity contribution is 6.74. The van der Waals surface area contributed by atoms with E-state index in [-0.39, 0.29) is 49.3 Å². The van der Waals surface area contributed by atoms with Gasteiger partial charge >= 0.3 is 0 Å². The molecule has 277 valence electrons. The van der Waals surface area contributed by atoms with E-state index in [4.69, 9.17) is 14.0 Å². The summed E-state index contributed by atoms with van der Waals surface area (Å²) in [5, 5.41) is 4.09. The van der Waals surface area contributed by atoms with E-state index in [0.717, 1.165) is 16.7 Å². The fourth-order valence-corrected chi connectivity index (χ4v) is 6.99. The minimum Gasteiger partial charge on any atom is -0.561 e. The molecule has 0 aliphatic carbocycles. The molecule has 53 heavy (non-hydrogen) atoms. The minimum absolute atomic E-state index is 0.00968. The third-order valence-electron chi connectivity index (χ3n) is 10.1. The summed E-state index contributed by atoms with van der Waals surface area (Å²) in [7, 11) is -2.09. The van der Waals surface area contributed by atoms with Crippen LogP contribution in [0.15, 0.2) is 127 Å². The van der Waals surface area contributed by atoms with Crippen molar-refractivity contribution >= 4 is 19.8 Å². The lowest BCUT2D eigenvalue weighted by atomic mass is 9.80. The molecule has 6 rings (SSSR count). The summed E-state index contributed by atoms with van der Waals surface area (Å²) in [6, 6.07) is 35.7. The number of halogens is 3. The highest BCUT2D eigenvalue weighted by Crippen LogP contribution is 2.41. The number of oxime groups is 1. The van der Waals surface area contributed by atoms with E-state index in [1.165, 1.54) is 12.3 Å². The highest BCUT2D eigenvalue weighted by atomic mass is 28.4. The van der Waals surface area contributed by atoms with Gasteiger partial charge in [0, 0.05) is 29.5 Å². The molecule has 0 bridgehead atoms. The van der Waals surface area contributed by atoms with Gasteiger partial charge in [-0.3, -0.25) is 0 Å². The average molecular weight is 738 g/mol. The molecule has 1 atom stereocenters. The van der Waals surface area contributed by atoms with E-state index in [9.17, 15) is 0 Å². The number of rotatable bonds is 14. The van der Waals surface area contributed by atoms with Crippen LogP contribution in [0, 0.1) is 11.6 Å². The van der Waals surface area contributed by atoms with Crippen LogP contribution in [0.5, 0.6) is 0 Å². The van der Waals surface area contributed by atoms with E-state index in [1.807, 2.05) is 91.0 Å². The third-order valence-corrected chi connectivity index (χ3v) is 14.6. The van der Waals surface area contributed by atoms with Crippen molar-refractivity contribution in [1.29, 1.82) is 0 Å². The number of hydrogen-bond acceptors (Lipinski definition) is 6. The van der Waals surface area contributed by atoms with Crippen molar-refractivity contribution in [2.45, 2.75) is 57.3 Å². The molecule has 1 aliphatic heterocycles. The lowest BCUT2D eigenvalue weighted by Crippen LogP contribution is -2.48. The van der Waals surface area contributed by atoms with Gasteiger partial charge in [-0.15, -0.1) is 18.1 Å². The molecule has 1 saturated heterocycles. The Bertz CT molecular complexity index is 1900. The molecule has 0 spiro atoms. The van der Waals surface area contributed by atoms with Gasteiger partial charge in [0.05, 0.1) is 25.4 Å². The number of anilines is 1. The summed E-state index contributed by atoms with van der Waals surface area (Å²) in [5.41, 5.74) is 3.22. The topological polar surface area (TPSA) is 56.2 Å². The molecule has 1 aromatic heterocycles. The smallest absolute Gasteiger partial charge is 0.166 e. The lowest BCUT2D eigenvalue weighted by Gasteiger charge is -2.48. The Morgan fingerprint density at radius 3 is 1.89 bits per heavy atom. The van der Waals surface area contributed by atoms with E-state index in [0.29, 0.717) is 16.8 Å². The maximum absolute atomic E-state index is 15.6. The Morgan fingerprint density at radius 2 is 1.36 bits per heavy atom. The van der Waals surface area contributed by atoms with Crippen LogP contribution in [0.3, 0.4) is 0 Å². The van der Waals surface area contributed by atoms with Gasteiger partial charge in [0.15, 0.2) is 24.4 Å². The van der Waals surface area contributed by atoms with Crippen molar-refractivity contribution in [3.8, 4) is 11.1 Å². The van der Waals surface area contributed by atoms with Gasteiger partial charge in [0.25, 0.3) is 0 Å². The van der Waals surface area contributed by atoms with E-state index >= 15 is 13.2 Å². The quantitative estimate of drug-likeness (QED) is 0.0645. The predicted octanol–water partition coefficient (Wildman–Crippen LogP) is 10.1. The maximum Gasteiger partial charge on any atom is 0.166 e. The number of alkyl halides is 1. The van der Waals surface area contributed by atoms with Crippen LogP contribution in [-0.2, 0) is 26.2 Å². The van der Waals surface area contributed by atoms with Crippen LogP contribution in [0.4, 0.5) is 19.0 Å². The van der Waals surface area contributed by atoms with Crippen LogP contribution in [-0.4, -0.2) is 51.5 Å². The first-order valence-corrected chi connectivity index (χ1v) is 20.7. The minimum atomic E-state index is -2.09. The monoisotopic (exact) mass is 737 g/mol. The Labute approximate surface area is 311 Å². The normalized spacial score (nSPS) is 14.1. The SMILES string of the molecule is CC(C)(C)[Si-](C)(C)OCc1cccc(-c2cnc(N3CC(=NOCC(F)COC(c4ccccc4)(c4ccccc4)c4ccccc4)C3)c(F)c2)c1F. The van der Waals surface area contributed by atoms with Gasteiger partial charge in [0.2, 0.25) is 0 Å². The van der Waals surface area contributed by atoms with Crippen molar-refractivity contribution in [1.82, 2.24) is 4.98 Å². The highest BCUT2D eigenvalue weighted by Gasteiger charge is 2.38. The molecule has 0 N–H and O–H groups in total. The van der Waals surface area contributed by atoms with Crippen LogP contribution in [0.2, 0.25) is 18.1 Å². The summed E-state index contributed by atoms with van der Waals surface area (Å²) in [6.45, 7) is 10.8. The first-order chi connectivity index (χ1) is 25.4. The molecule has 5 aromatic rings. The van der Waals surface area contributed by atoms with E-state index in [2.05, 4.69) is 44.0 Å². The molecule has 0 saturated carbocycles. The Hall–Kier alpha value is -4.77. The predicted molar refractivity (Wildman–Crippen MR) is 207 cm³/mol. The second kappa shape index (κ2) is 16.1. The zero-order chi connectivity index (χ0) is 37.6. The fourth-order valence-electron chi connectivity index (χ4n) is 6.04. The lowest BCUT2D eigenvalue weighted by molar-refractivity contribution is -0.0372. The van der Waals surface area contributed by atoms with Crippen LogP contribution in [0.1, 0.15) is 43.0 Å². The van der Waals surface area contributed by atoms with Crippen LogP contribution < -0.4 is 4.90 Å². The summed E-state index contributed by atoms with van der Waals surface area (Å²) >= 11 is 0. The van der Waals surface area contributed by atoms with Crippen molar-refractivity contribution < 1.29 is 27.2 Å². The Kier molecular flexibility index (Phi) is 11.5. The first-order valence-electron chi connectivity index (χ1n) is 17.8. The van der Waals surface area contributed by atoms with Crippen molar-refractivity contribution in [2.75, 3.05) is 31.2 Å². The molecule has 10 heteroatoms. The van der Waals surface area contributed by atoms with E-state index < -0.39 is 31.7 Å². The second-order valence-electron chi connectivity index (χ2n) is 14.9. The molecule has 0 amide bonds. The van der Waals surface area contributed by atoms with Gasteiger partial charge < -0.3 is 18.9 Å². The molecule has 1 aliphatic rings. The van der Waals surface area contributed by atoms with Gasteiger partial charge in [-0.25, -0.2) is 18.2 Å². The zero-order valence-electron chi connectivity index (χ0n) is 30.9. The van der Waals surface area contributed by atoms with Crippen LogP contribution >= 0.6 is 0 Å². The molecule has 1 fully saturated rings. The molecular formula is C43H46F3N3O3Si-. The van der Waals surface area contributed by atoms with Gasteiger partial charge in [0.1, 0.15) is 11.4 Å². The van der Waals surface area contributed by atoms with Gasteiger partial charge in [-0.2, -0.15) is 0 Å². The number of pyridine rings is 1. The van der Waals surface area contributed by atoms with Crippen molar-refractivity contribution in [2.24, 2.45) is 5.16 Å². The number of nitrogens with zero attached hydrogens (tertiary/aromatic N) is 3. The number of aromatic nitrogens is 1. The van der Waals surface area contributed by atoms with Gasteiger partial charge in [-0.05, 0) is 31.1 Å². The zero-order valence-corrected chi connectivity index (χ0v) is 31.9. The van der Waals surface area contributed by atoms with Gasteiger partial charge in [-0.1, -0.05) is 135 Å². The summed E-state index contributed by atoms with van der Waals surface area (Å²) < 4.78 is 59.1. The fraction of sp³-hybridized carbons (Fsp3) is 0.302. The third kappa shape index (κ3) is 8.40. The van der Waals surface area contributed by atoms with Crippen LogP contribution in [0.25, 0.3) is 11.1 Å². The van der Waals surface area contributed by atoms with E-state index in [1.54, 1.807) is 23.1 Å². The van der Waals surface area contributed by atoms with Crippen molar-refractivity contribution in [3.63, 3.8) is 0 Å². The second-order valence-corrected chi connectivity index (χ2v) is 19.7. The number of hydrogen-bond donors (Lipinski definition) is 0. The summed E-state index contributed by atoms with van der Waals surface area (Å²) in [5.74, 6) is -0.899. The molecule has 2 heterocycles. The standard InChI is InChI=1S/C43H46F3N3O3Si/c1-42(2,3)53(4,5)52-28-31-16-15-23-38(40(31)46)32-24-39(45)41(47-25-32)49-26-37(27-49)48-51-30-36(44)29-50-43(33-17-9-6-10-18-33,34-19-11-7-12-20-34)35-21-13-8-14-22-35/h6-25,36H,26-30H2,1-5H3/q-1. The average Bonchev–Trinajstić information content (AvgIpc) is 3.13. The molecule has 0 radical (unpaired) electrons. The number of benzene rings is 4. The summed E-state index contributed by atoms with van der Waals surface area (Å²) in [4.78, 5) is 11.4. The Morgan fingerprint density at radius 1 is 0.792 bits per heavy atom. The molecular weight excluding hydrogens is 692 g/mol. The van der Waals surface area contributed by atoms with Crippen molar-refractivity contribution in [3.05, 3.63) is 155 Å². The molecule has 4 aromatic carbocycles. The Balaban J connectivity index is 1.06. The summed E-state index contributed by atoms with van der Waals surface area (Å²) in [6.07, 6.45) is -0.00939. The molecule has 1 unspecified atom stereocenters. The number of ether oxygens (including phenoxy) is 1. The largest absolute Gasteiger partial charge is 0.561 e.